The Balaban J connectivity index is 1.92. The van der Waals surface area contributed by atoms with E-state index in [0.717, 1.165) is 31.9 Å². The number of rotatable bonds is 3. The summed E-state index contributed by atoms with van der Waals surface area (Å²) in [5, 5.41) is 7.96. The quantitative estimate of drug-likeness (QED) is 0.742. The van der Waals surface area contributed by atoms with Crippen LogP contribution in [0.15, 0.2) is 6.20 Å². The Morgan fingerprint density at radius 1 is 1.69 bits per heavy atom. The van der Waals surface area contributed by atoms with Gasteiger partial charge in [-0.25, -0.2) is 4.68 Å². The third-order valence-electron chi connectivity index (χ3n) is 2.70. The molecule has 2 unspecified atom stereocenters. The summed E-state index contributed by atoms with van der Waals surface area (Å²) in [6.07, 6.45) is 2.08. The summed E-state index contributed by atoms with van der Waals surface area (Å²) in [5.41, 5.74) is 0.811. The van der Waals surface area contributed by atoms with E-state index in [0.29, 0.717) is 0 Å². The molecule has 16 heavy (non-hydrogen) atoms. The number of halogens is 1. The number of ether oxygens (including phenoxy) is 1. The van der Waals surface area contributed by atoms with Crippen molar-refractivity contribution in [2.24, 2.45) is 0 Å². The van der Waals surface area contributed by atoms with Gasteiger partial charge in [-0.05, 0) is 14.0 Å². The second-order valence-corrected chi connectivity index (χ2v) is 4.89. The number of alkyl halides is 1. The minimum Gasteiger partial charge on any atom is -0.374 e. The van der Waals surface area contributed by atoms with Gasteiger partial charge in [-0.2, -0.15) is 0 Å². The highest BCUT2D eigenvalue weighted by molar-refractivity contribution is 6.20. The maximum absolute atomic E-state index is 5.93. The molecule has 5 nitrogen and oxygen atoms in total. The summed E-state index contributed by atoms with van der Waals surface area (Å²) in [7, 11) is 2.10. The van der Waals surface area contributed by atoms with Crippen LogP contribution in [-0.2, 0) is 11.3 Å². The highest BCUT2D eigenvalue weighted by Gasteiger charge is 2.19. The Kier molecular flexibility index (Phi) is 3.78. The molecule has 90 valence electrons. The zero-order valence-electron chi connectivity index (χ0n) is 9.64. The Morgan fingerprint density at radius 2 is 2.50 bits per heavy atom. The Bertz CT molecular complexity index is 341. The molecule has 2 atom stereocenters. The monoisotopic (exact) mass is 244 g/mol. The molecule has 0 bridgehead atoms. The zero-order valence-corrected chi connectivity index (χ0v) is 10.4. The minimum absolute atomic E-state index is 0.0938. The Hall–Kier alpha value is -0.650. The number of hydrogen-bond donors (Lipinski definition) is 0. The van der Waals surface area contributed by atoms with Crippen molar-refractivity contribution in [3.05, 3.63) is 11.9 Å². The maximum atomic E-state index is 5.93. The fraction of sp³-hybridized carbons (Fsp3) is 0.800. The van der Waals surface area contributed by atoms with E-state index >= 15 is 0 Å². The minimum atomic E-state index is -0.0938. The first-order chi connectivity index (χ1) is 7.65. The molecule has 1 aliphatic rings. The van der Waals surface area contributed by atoms with E-state index in [-0.39, 0.29) is 11.5 Å². The van der Waals surface area contributed by atoms with Crippen LogP contribution in [0.4, 0.5) is 0 Å². The first-order valence-corrected chi connectivity index (χ1v) is 5.93. The molecule has 2 heterocycles. The van der Waals surface area contributed by atoms with E-state index in [2.05, 4.69) is 22.3 Å². The first-order valence-electron chi connectivity index (χ1n) is 5.49. The lowest BCUT2D eigenvalue weighted by molar-refractivity contribution is -0.0292. The maximum Gasteiger partial charge on any atom is 0.100 e. The van der Waals surface area contributed by atoms with Gasteiger partial charge in [0, 0.05) is 13.1 Å². The molecule has 1 aromatic heterocycles. The molecular formula is C10H17ClN4O. The third kappa shape index (κ3) is 2.93. The van der Waals surface area contributed by atoms with Gasteiger partial charge in [-0.3, -0.25) is 0 Å². The first kappa shape index (κ1) is 11.8. The van der Waals surface area contributed by atoms with Crippen molar-refractivity contribution < 1.29 is 4.74 Å². The van der Waals surface area contributed by atoms with Gasteiger partial charge >= 0.3 is 0 Å². The third-order valence-corrected chi connectivity index (χ3v) is 2.92. The van der Waals surface area contributed by atoms with Crippen LogP contribution in [0.3, 0.4) is 0 Å². The van der Waals surface area contributed by atoms with E-state index in [1.807, 2.05) is 13.1 Å². The topological polar surface area (TPSA) is 43.2 Å². The van der Waals surface area contributed by atoms with Crippen LogP contribution in [0.25, 0.3) is 0 Å². The van der Waals surface area contributed by atoms with Crippen molar-refractivity contribution in [1.82, 2.24) is 19.9 Å². The molecule has 0 spiro atoms. The molecule has 0 N–H and O–H groups in total. The van der Waals surface area contributed by atoms with Gasteiger partial charge in [-0.1, -0.05) is 5.21 Å². The second-order valence-electron chi connectivity index (χ2n) is 4.24. The predicted molar refractivity (Wildman–Crippen MR) is 61.5 cm³/mol. The van der Waals surface area contributed by atoms with Gasteiger partial charge in [0.15, 0.2) is 0 Å². The molecular weight excluding hydrogens is 228 g/mol. The Morgan fingerprint density at radius 3 is 3.12 bits per heavy atom. The number of hydrogen-bond acceptors (Lipinski definition) is 4. The normalized spacial score (nSPS) is 24.6. The van der Waals surface area contributed by atoms with Crippen LogP contribution in [0.5, 0.6) is 0 Å². The molecule has 6 heteroatoms. The summed E-state index contributed by atoms with van der Waals surface area (Å²) in [5.74, 6) is 0. The van der Waals surface area contributed by atoms with Gasteiger partial charge in [0.2, 0.25) is 0 Å². The Labute approximate surface area is 100 Å². The molecule has 0 aliphatic carbocycles. The lowest BCUT2D eigenvalue weighted by Gasteiger charge is -2.29. The molecule has 1 aliphatic heterocycles. The van der Waals surface area contributed by atoms with Gasteiger partial charge in [0.05, 0.1) is 30.8 Å². The van der Waals surface area contributed by atoms with Crippen LogP contribution in [0.1, 0.15) is 18.0 Å². The van der Waals surface area contributed by atoms with Crippen LogP contribution in [-0.4, -0.2) is 52.7 Å². The number of nitrogens with zero attached hydrogens (tertiary/aromatic N) is 4. The van der Waals surface area contributed by atoms with Crippen molar-refractivity contribution in [3.63, 3.8) is 0 Å². The summed E-state index contributed by atoms with van der Waals surface area (Å²) in [6.45, 7) is 5.35. The molecule has 0 aromatic carbocycles. The van der Waals surface area contributed by atoms with Crippen LogP contribution in [0, 0.1) is 0 Å². The van der Waals surface area contributed by atoms with E-state index in [4.69, 9.17) is 16.3 Å². The van der Waals surface area contributed by atoms with Gasteiger partial charge in [0.25, 0.3) is 0 Å². The van der Waals surface area contributed by atoms with E-state index in [1.165, 1.54) is 0 Å². The molecule has 1 aromatic rings. The number of morpholine rings is 1. The van der Waals surface area contributed by atoms with Crippen LogP contribution < -0.4 is 0 Å². The fourth-order valence-corrected chi connectivity index (χ4v) is 1.87. The summed E-state index contributed by atoms with van der Waals surface area (Å²) < 4.78 is 7.46. The van der Waals surface area contributed by atoms with Crippen molar-refractivity contribution in [2.75, 3.05) is 26.7 Å². The van der Waals surface area contributed by atoms with E-state index in [1.54, 1.807) is 4.68 Å². The van der Waals surface area contributed by atoms with E-state index in [9.17, 15) is 0 Å². The molecule has 0 saturated carbocycles. The molecule has 0 amide bonds. The van der Waals surface area contributed by atoms with Crippen molar-refractivity contribution in [1.29, 1.82) is 0 Å². The smallest absolute Gasteiger partial charge is 0.100 e. The molecule has 2 rings (SSSR count). The lowest BCUT2D eigenvalue weighted by Crippen LogP contribution is -2.42. The largest absolute Gasteiger partial charge is 0.374 e. The van der Waals surface area contributed by atoms with Crippen LogP contribution in [0.2, 0.25) is 0 Å². The van der Waals surface area contributed by atoms with Gasteiger partial charge < -0.3 is 9.64 Å². The van der Waals surface area contributed by atoms with Gasteiger partial charge in [-0.15, -0.1) is 16.7 Å². The standard InChI is InChI=1S/C10H17ClN4O/c1-8(11)10-7-15(13-12-10)6-9-5-14(2)3-4-16-9/h7-9H,3-6H2,1-2H3. The summed E-state index contributed by atoms with van der Waals surface area (Å²) >= 11 is 5.93. The zero-order chi connectivity index (χ0) is 11.5. The van der Waals surface area contributed by atoms with Crippen molar-refractivity contribution in [2.45, 2.75) is 24.9 Å². The fourth-order valence-electron chi connectivity index (χ4n) is 1.77. The average molecular weight is 245 g/mol. The van der Waals surface area contributed by atoms with Crippen molar-refractivity contribution >= 4 is 11.6 Å². The SMILES string of the molecule is CC(Cl)c1cn(CC2CN(C)CCO2)nn1. The molecule has 0 radical (unpaired) electrons. The number of aromatic nitrogens is 3. The summed E-state index contributed by atoms with van der Waals surface area (Å²) in [4.78, 5) is 2.26. The summed E-state index contributed by atoms with van der Waals surface area (Å²) in [6, 6.07) is 0. The highest BCUT2D eigenvalue weighted by atomic mass is 35.5. The molecule has 1 saturated heterocycles. The molecule has 1 fully saturated rings. The number of likely N-dealkylation sites (N-methyl/N-ethyl adjacent to an activating group) is 1. The van der Waals surface area contributed by atoms with E-state index < -0.39 is 0 Å². The average Bonchev–Trinajstić information content (AvgIpc) is 2.66. The highest BCUT2D eigenvalue weighted by Crippen LogP contribution is 2.15. The van der Waals surface area contributed by atoms with Crippen molar-refractivity contribution in [3.8, 4) is 0 Å². The second kappa shape index (κ2) is 5.12. The predicted octanol–water partition coefficient (Wildman–Crippen LogP) is 0.909. The van der Waals surface area contributed by atoms with Gasteiger partial charge in [0.1, 0.15) is 5.69 Å². The van der Waals surface area contributed by atoms with Crippen LogP contribution >= 0.6 is 11.6 Å². The lowest BCUT2D eigenvalue weighted by atomic mass is 10.3.